The van der Waals surface area contributed by atoms with Gasteiger partial charge in [-0.2, -0.15) is 0 Å². The largest absolute Gasteiger partial charge is 0.317 e. The lowest BCUT2D eigenvalue weighted by atomic mass is 9.78. The molecule has 0 amide bonds. The van der Waals surface area contributed by atoms with Gasteiger partial charge >= 0.3 is 0 Å². The van der Waals surface area contributed by atoms with Crippen molar-refractivity contribution in [1.29, 1.82) is 0 Å². The number of nitrogens with zero attached hydrogens (tertiary/aromatic N) is 2. The summed E-state index contributed by atoms with van der Waals surface area (Å²) >= 11 is 0. The van der Waals surface area contributed by atoms with Gasteiger partial charge in [-0.15, -0.1) is 12.4 Å². The van der Waals surface area contributed by atoms with Crippen molar-refractivity contribution in [3.05, 3.63) is 54.4 Å². The molecule has 1 spiro atoms. The highest BCUT2D eigenvalue weighted by Crippen LogP contribution is 2.39. The van der Waals surface area contributed by atoms with Gasteiger partial charge in [0.15, 0.2) is 0 Å². The van der Waals surface area contributed by atoms with Crippen LogP contribution in [-0.2, 0) is 6.54 Å². The molecular formula is C20H26ClN3. The van der Waals surface area contributed by atoms with Gasteiger partial charge in [0.2, 0.25) is 0 Å². The lowest BCUT2D eigenvalue weighted by molar-refractivity contribution is 0.194. The zero-order chi connectivity index (χ0) is 15.5. The molecule has 3 nitrogen and oxygen atoms in total. The third kappa shape index (κ3) is 3.80. The van der Waals surface area contributed by atoms with Crippen molar-refractivity contribution in [3.63, 3.8) is 0 Å². The molecule has 0 radical (unpaired) electrons. The number of piperidine rings is 1. The Hall–Kier alpha value is -1.42. The van der Waals surface area contributed by atoms with E-state index < -0.39 is 0 Å². The SMILES string of the molecule is Cl.c1cc(CN2CCC3(CCNCC3)C2)cc(-c2ccncc2)c1. The highest BCUT2D eigenvalue weighted by Gasteiger charge is 2.38. The molecule has 24 heavy (non-hydrogen) atoms. The third-order valence-corrected chi connectivity index (χ3v) is 5.53. The number of halogens is 1. The van der Waals surface area contributed by atoms with Crippen molar-refractivity contribution >= 4 is 12.4 Å². The zero-order valence-corrected chi connectivity index (χ0v) is 14.9. The first kappa shape index (κ1) is 17.4. The highest BCUT2D eigenvalue weighted by molar-refractivity contribution is 5.85. The van der Waals surface area contributed by atoms with Crippen LogP contribution in [0.2, 0.25) is 0 Å². The number of pyridine rings is 1. The van der Waals surface area contributed by atoms with Crippen molar-refractivity contribution in [2.75, 3.05) is 26.2 Å². The smallest absolute Gasteiger partial charge is 0.0273 e. The van der Waals surface area contributed by atoms with Crippen molar-refractivity contribution < 1.29 is 0 Å². The number of hydrogen-bond acceptors (Lipinski definition) is 3. The second-order valence-corrected chi connectivity index (χ2v) is 7.15. The van der Waals surface area contributed by atoms with Gasteiger partial charge in [0.1, 0.15) is 0 Å². The molecule has 128 valence electrons. The van der Waals surface area contributed by atoms with E-state index in [4.69, 9.17) is 0 Å². The third-order valence-electron chi connectivity index (χ3n) is 5.53. The standard InChI is InChI=1S/C20H25N3.ClH/c1-2-17(14-19(3-1)18-4-9-21-10-5-18)15-23-13-8-20(16-23)6-11-22-12-7-20;/h1-5,9-10,14,22H,6-8,11-13,15-16H2;1H. The molecule has 2 fully saturated rings. The van der Waals surface area contributed by atoms with E-state index in [2.05, 4.69) is 51.6 Å². The number of rotatable bonds is 3. The molecule has 0 unspecified atom stereocenters. The second kappa shape index (κ2) is 7.64. The molecule has 1 aromatic carbocycles. The van der Waals surface area contributed by atoms with Crippen LogP contribution in [0.3, 0.4) is 0 Å². The quantitative estimate of drug-likeness (QED) is 0.920. The first-order valence-corrected chi connectivity index (χ1v) is 8.76. The van der Waals surface area contributed by atoms with Crippen LogP contribution in [0.15, 0.2) is 48.8 Å². The number of nitrogens with one attached hydrogen (secondary N) is 1. The van der Waals surface area contributed by atoms with E-state index in [-0.39, 0.29) is 12.4 Å². The van der Waals surface area contributed by atoms with Crippen molar-refractivity contribution in [2.45, 2.75) is 25.8 Å². The molecule has 2 aliphatic rings. The van der Waals surface area contributed by atoms with Gasteiger partial charge in [-0.1, -0.05) is 18.2 Å². The highest BCUT2D eigenvalue weighted by atomic mass is 35.5. The molecule has 0 aliphatic carbocycles. The van der Waals surface area contributed by atoms with Crippen LogP contribution in [0, 0.1) is 5.41 Å². The summed E-state index contributed by atoms with van der Waals surface area (Å²) in [5, 5.41) is 3.50. The Kier molecular flexibility index (Phi) is 5.54. The summed E-state index contributed by atoms with van der Waals surface area (Å²) < 4.78 is 0. The molecule has 1 N–H and O–H groups in total. The van der Waals surface area contributed by atoms with Crippen LogP contribution in [0.1, 0.15) is 24.8 Å². The fraction of sp³-hybridized carbons (Fsp3) is 0.450. The monoisotopic (exact) mass is 343 g/mol. The molecule has 3 heterocycles. The van der Waals surface area contributed by atoms with Crippen LogP contribution in [-0.4, -0.2) is 36.1 Å². The van der Waals surface area contributed by atoms with E-state index in [9.17, 15) is 0 Å². The van der Waals surface area contributed by atoms with E-state index in [0.717, 1.165) is 6.54 Å². The number of hydrogen-bond donors (Lipinski definition) is 1. The summed E-state index contributed by atoms with van der Waals surface area (Å²) in [6, 6.07) is 13.1. The predicted molar refractivity (Wildman–Crippen MR) is 101 cm³/mol. The van der Waals surface area contributed by atoms with Gasteiger partial charge in [0.25, 0.3) is 0 Å². The van der Waals surface area contributed by atoms with Gasteiger partial charge < -0.3 is 5.32 Å². The number of aromatic nitrogens is 1. The average Bonchev–Trinajstić information content (AvgIpc) is 2.98. The first-order chi connectivity index (χ1) is 11.3. The predicted octanol–water partition coefficient (Wildman–Crippen LogP) is 3.75. The van der Waals surface area contributed by atoms with E-state index in [1.54, 1.807) is 0 Å². The maximum Gasteiger partial charge on any atom is 0.0273 e. The van der Waals surface area contributed by atoms with Crippen LogP contribution in [0.5, 0.6) is 0 Å². The molecular weight excluding hydrogens is 318 g/mol. The summed E-state index contributed by atoms with van der Waals surface area (Å²) in [7, 11) is 0. The summed E-state index contributed by atoms with van der Waals surface area (Å²) in [5.41, 5.74) is 4.55. The fourth-order valence-corrected chi connectivity index (χ4v) is 4.18. The van der Waals surface area contributed by atoms with E-state index >= 15 is 0 Å². The van der Waals surface area contributed by atoms with E-state index in [1.807, 2.05) is 12.4 Å². The van der Waals surface area contributed by atoms with E-state index in [1.165, 1.54) is 62.1 Å². The molecule has 2 aromatic rings. The normalized spacial score (nSPS) is 20.0. The van der Waals surface area contributed by atoms with Crippen LogP contribution in [0.25, 0.3) is 11.1 Å². The van der Waals surface area contributed by atoms with Gasteiger partial charge in [0.05, 0.1) is 0 Å². The molecule has 2 saturated heterocycles. The Balaban J connectivity index is 0.00000169. The van der Waals surface area contributed by atoms with Gasteiger partial charge in [-0.25, -0.2) is 0 Å². The number of likely N-dealkylation sites (tertiary alicyclic amines) is 1. The van der Waals surface area contributed by atoms with Crippen molar-refractivity contribution in [1.82, 2.24) is 15.2 Å². The summed E-state index contributed by atoms with van der Waals surface area (Å²) in [5.74, 6) is 0. The minimum atomic E-state index is 0. The lowest BCUT2D eigenvalue weighted by Crippen LogP contribution is -2.38. The Morgan fingerprint density at radius 1 is 1.00 bits per heavy atom. The molecule has 2 aliphatic heterocycles. The average molecular weight is 344 g/mol. The molecule has 0 atom stereocenters. The zero-order valence-electron chi connectivity index (χ0n) is 14.1. The minimum absolute atomic E-state index is 0. The van der Waals surface area contributed by atoms with Crippen LogP contribution in [0.4, 0.5) is 0 Å². The summed E-state index contributed by atoms with van der Waals surface area (Å²) in [4.78, 5) is 6.76. The Labute approximate surface area is 150 Å². The van der Waals surface area contributed by atoms with E-state index in [0.29, 0.717) is 5.41 Å². The molecule has 4 rings (SSSR count). The topological polar surface area (TPSA) is 28.2 Å². The summed E-state index contributed by atoms with van der Waals surface area (Å²) in [6.45, 7) is 6.00. The second-order valence-electron chi connectivity index (χ2n) is 7.15. The summed E-state index contributed by atoms with van der Waals surface area (Å²) in [6.07, 6.45) is 7.80. The maximum atomic E-state index is 4.11. The van der Waals surface area contributed by atoms with Crippen LogP contribution >= 0.6 is 12.4 Å². The van der Waals surface area contributed by atoms with Crippen molar-refractivity contribution in [2.24, 2.45) is 5.41 Å². The van der Waals surface area contributed by atoms with Gasteiger partial charge in [-0.3, -0.25) is 9.88 Å². The Morgan fingerprint density at radius 2 is 1.79 bits per heavy atom. The van der Waals surface area contributed by atoms with Gasteiger partial charge in [0, 0.05) is 25.5 Å². The first-order valence-electron chi connectivity index (χ1n) is 8.76. The van der Waals surface area contributed by atoms with Crippen molar-refractivity contribution in [3.8, 4) is 11.1 Å². The number of benzene rings is 1. The molecule has 0 saturated carbocycles. The lowest BCUT2D eigenvalue weighted by Gasteiger charge is -2.34. The van der Waals surface area contributed by atoms with Crippen LogP contribution < -0.4 is 5.32 Å². The Morgan fingerprint density at radius 3 is 2.58 bits per heavy atom. The van der Waals surface area contributed by atoms with Gasteiger partial charge in [-0.05, 0) is 79.2 Å². The Bertz CT molecular complexity index is 653. The maximum absolute atomic E-state index is 4.11. The minimum Gasteiger partial charge on any atom is -0.317 e. The molecule has 1 aromatic heterocycles. The fourth-order valence-electron chi connectivity index (χ4n) is 4.18. The molecule has 4 heteroatoms. The molecule has 0 bridgehead atoms.